The van der Waals surface area contributed by atoms with Crippen molar-refractivity contribution in [3.63, 3.8) is 0 Å². The van der Waals surface area contributed by atoms with Crippen molar-refractivity contribution in [3.05, 3.63) is 0 Å². The molecule has 0 radical (unpaired) electrons. The van der Waals surface area contributed by atoms with E-state index in [4.69, 9.17) is 9.84 Å². The average Bonchev–Trinajstić information content (AvgIpc) is 2.46. The number of aliphatic hydroxyl groups excluding tert-OH is 1. The molecule has 3 atom stereocenters. The van der Waals surface area contributed by atoms with E-state index >= 15 is 0 Å². The molecule has 2 fully saturated rings. The van der Waals surface area contributed by atoms with Crippen LogP contribution in [0.1, 0.15) is 12.8 Å². The first-order valence-electron chi connectivity index (χ1n) is 3.18. The zero-order chi connectivity index (χ0) is 5.56. The summed E-state index contributed by atoms with van der Waals surface area (Å²) in [6.45, 7) is 0.321. The highest BCUT2D eigenvalue weighted by atomic mass is 16.6. The van der Waals surface area contributed by atoms with Crippen LogP contribution in [0, 0.1) is 5.92 Å². The minimum absolute atomic E-state index is 0.321. The molecule has 0 amide bonds. The third-order valence-corrected chi connectivity index (χ3v) is 2.14. The van der Waals surface area contributed by atoms with Crippen molar-refractivity contribution >= 4 is 0 Å². The summed E-state index contributed by atoms with van der Waals surface area (Å²) in [7, 11) is 0. The first-order chi connectivity index (χ1) is 3.92. The number of epoxide rings is 1. The maximum atomic E-state index is 8.68. The molecule has 1 aliphatic heterocycles. The Hall–Kier alpha value is -0.0800. The van der Waals surface area contributed by atoms with Crippen LogP contribution < -0.4 is 0 Å². The molecule has 0 aromatic carbocycles. The fourth-order valence-electron chi connectivity index (χ4n) is 1.54. The highest BCUT2D eigenvalue weighted by Gasteiger charge is 2.49. The van der Waals surface area contributed by atoms with Gasteiger partial charge in [0.05, 0.1) is 12.2 Å². The zero-order valence-corrected chi connectivity index (χ0v) is 4.71. The molecule has 0 bridgehead atoms. The fourth-order valence-corrected chi connectivity index (χ4v) is 1.54. The molecule has 2 heteroatoms. The molecule has 3 unspecified atom stereocenters. The molecule has 1 saturated carbocycles. The van der Waals surface area contributed by atoms with Gasteiger partial charge in [0, 0.05) is 12.5 Å². The summed E-state index contributed by atoms with van der Waals surface area (Å²) >= 11 is 0. The second-order valence-electron chi connectivity index (χ2n) is 2.66. The van der Waals surface area contributed by atoms with E-state index in [2.05, 4.69) is 0 Å². The smallest absolute Gasteiger partial charge is 0.0891 e. The Labute approximate surface area is 48.5 Å². The first kappa shape index (κ1) is 4.77. The summed E-state index contributed by atoms with van der Waals surface area (Å²) in [6, 6.07) is 0. The van der Waals surface area contributed by atoms with E-state index in [1.165, 1.54) is 12.8 Å². The Morgan fingerprint density at radius 3 is 2.62 bits per heavy atom. The molecule has 2 rings (SSSR count). The molecule has 0 aromatic rings. The Morgan fingerprint density at radius 1 is 1.50 bits per heavy atom. The Bertz CT molecular complexity index is 103. The van der Waals surface area contributed by atoms with E-state index in [0.29, 0.717) is 24.7 Å². The van der Waals surface area contributed by atoms with Crippen LogP contribution in [0.4, 0.5) is 0 Å². The van der Waals surface area contributed by atoms with Gasteiger partial charge >= 0.3 is 0 Å². The van der Waals surface area contributed by atoms with Crippen molar-refractivity contribution in [2.24, 2.45) is 5.92 Å². The maximum absolute atomic E-state index is 8.68. The molecule has 1 heterocycles. The SMILES string of the molecule is OCC1CCC2OC12. The predicted molar refractivity (Wildman–Crippen MR) is 28.5 cm³/mol. The summed E-state index contributed by atoms with van der Waals surface area (Å²) < 4.78 is 5.20. The molecule has 1 saturated heterocycles. The average molecular weight is 114 g/mol. The lowest BCUT2D eigenvalue weighted by Gasteiger charge is -2.02. The van der Waals surface area contributed by atoms with Gasteiger partial charge in [-0.3, -0.25) is 0 Å². The molecular formula is C6H10O2. The second kappa shape index (κ2) is 1.45. The molecule has 2 nitrogen and oxygen atoms in total. The van der Waals surface area contributed by atoms with Gasteiger partial charge in [-0.1, -0.05) is 0 Å². The largest absolute Gasteiger partial charge is 0.396 e. The van der Waals surface area contributed by atoms with Gasteiger partial charge in [0.2, 0.25) is 0 Å². The van der Waals surface area contributed by atoms with Crippen molar-refractivity contribution in [1.29, 1.82) is 0 Å². The van der Waals surface area contributed by atoms with E-state index in [0.717, 1.165) is 0 Å². The van der Waals surface area contributed by atoms with E-state index in [-0.39, 0.29) is 0 Å². The molecule has 2 aliphatic rings. The van der Waals surface area contributed by atoms with Crippen molar-refractivity contribution < 1.29 is 9.84 Å². The lowest BCUT2D eigenvalue weighted by Crippen LogP contribution is -2.07. The number of fused-ring (bicyclic) bond motifs is 1. The minimum Gasteiger partial charge on any atom is -0.396 e. The van der Waals surface area contributed by atoms with Crippen LogP contribution in [0.25, 0.3) is 0 Å². The normalized spacial score (nSPS) is 51.4. The summed E-state index contributed by atoms with van der Waals surface area (Å²) in [5.41, 5.74) is 0. The van der Waals surface area contributed by atoms with Crippen LogP contribution in [0.2, 0.25) is 0 Å². The Morgan fingerprint density at radius 2 is 2.38 bits per heavy atom. The maximum Gasteiger partial charge on any atom is 0.0891 e. The lowest BCUT2D eigenvalue weighted by molar-refractivity contribution is 0.174. The van der Waals surface area contributed by atoms with Crippen LogP contribution >= 0.6 is 0 Å². The highest BCUT2D eigenvalue weighted by Crippen LogP contribution is 2.42. The van der Waals surface area contributed by atoms with Gasteiger partial charge < -0.3 is 9.84 Å². The van der Waals surface area contributed by atoms with Crippen LogP contribution in [0.3, 0.4) is 0 Å². The molecule has 0 aromatic heterocycles. The summed E-state index contributed by atoms with van der Waals surface area (Å²) in [5, 5.41) is 8.68. The number of aliphatic hydroxyl groups is 1. The molecular weight excluding hydrogens is 104 g/mol. The van der Waals surface area contributed by atoms with Gasteiger partial charge in [-0.25, -0.2) is 0 Å². The predicted octanol–water partition coefficient (Wildman–Crippen LogP) is 0.156. The number of hydrogen-bond acceptors (Lipinski definition) is 2. The van der Waals surface area contributed by atoms with E-state index in [1.807, 2.05) is 0 Å². The summed E-state index contributed by atoms with van der Waals surface area (Å²) in [6.07, 6.45) is 3.33. The van der Waals surface area contributed by atoms with E-state index in [1.54, 1.807) is 0 Å². The van der Waals surface area contributed by atoms with Crippen LogP contribution in [0.15, 0.2) is 0 Å². The molecule has 46 valence electrons. The Kier molecular flexibility index (Phi) is 0.866. The van der Waals surface area contributed by atoms with Gasteiger partial charge in [-0.2, -0.15) is 0 Å². The van der Waals surface area contributed by atoms with Gasteiger partial charge in [-0.05, 0) is 12.8 Å². The summed E-state index contributed by atoms with van der Waals surface area (Å²) in [5.74, 6) is 0.472. The summed E-state index contributed by atoms with van der Waals surface area (Å²) in [4.78, 5) is 0. The minimum atomic E-state index is 0.321. The molecule has 0 spiro atoms. The third-order valence-electron chi connectivity index (χ3n) is 2.14. The molecule has 8 heavy (non-hydrogen) atoms. The van der Waals surface area contributed by atoms with Crippen LogP contribution in [0.5, 0.6) is 0 Å². The van der Waals surface area contributed by atoms with Gasteiger partial charge in [0.15, 0.2) is 0 Å². The first-order valence-corrected chi connectivity index (χ1v) is 3.18. The van der Waals surface area contributed by atoms with E-state index < -0.39 is 0 Å². The topological polar surface area (TPSA) is 32.8 Å². The van der Waals surface area contributed by atoms with Crippen molar-refractivity contribution in [2.45, 2.75) is 25.0 Å². The lowest BCUT2D eigenvalue weighted by atomic mass is 10.1. The van der Waals surface area contributed by atoms with Crippen molar-refractivity contribution in [1.82, 2.24) is 0 Å². The molecule has 1 aliphatic carbocycles. The molecule has 1 N–H and O–H groups in total. The third kappa shape index (κ3) is 0.501. The monoisotopic (exact) mass is 114 g/mol. The van der Waals surface area contributed by atoms with Crippen molar-refractivity contribution in [2.75, 3.05) is 6.61 Å². The quantitative estimate of drug-likeness (QED) is 0.492. The van der Waals surface area contributed by atoms with E-state index in [9.17, 15) is 0 Å². The fraction of sp³-hybridized carbons (Fsp3) is 1.00. The van der Waals surface area contributed by atoms with Crippen LogP contribution in [-0.2, 0) is 4.74 Å². The second-order valence-corrected chi connectivity index (χ2v) is 2.66. The van der Waals surface area contributed by atoms with Gasteiger partial charge in [-0.15, -0.1) is 0 Å². The number of rotatable bonds is 1. The van der Waals surface area contributed by atoms with Crippen molar-refractivity contribution in [3.8, 4) is 0 Å². The van der Waals surface area contributed by atoms with Crippen LogP contribution in [-0.4, -0.2) is 23.9 Å². The number of ether oxygens (including phenoxy) is 1. The van der Waals surface area contributed by atoms with Gasteiger partial charge in [0.1, 0.15) is 0 Å². The zero-order valence-electron chi connectivity index (χ0n) is 4.71. The highest BCUT2D eigenvalue weighted by molar-refractivity contribution is 4.96. The Balaban J connectivity index is 1.97. The number of hydrogen-bond donors (Lipinski definition) is 1. The standard InChI is InChI=1S/C6H10O2/c7-3-4-1-2-5-6(4)8-5/h4-7H,1-3H2. The van der Waals surface area contributed by atoms with Gasteiger partial charge in [0.25, 0.3) is 0 Å².